The van der Waals surface area contributed by atoms with Gasteiger partial charge in [-0.05, 0) is 57.4 Å². The van der Waals surface area contributed by atoms with Crippen molar-refractivity contribution in [1.82, 2.24) is 19.6 Å². The van der Waals surface area contributed by atoms with Crippen LogP contribution in [-0.2, 0) is 12.1 Å². The summed E-state index contributed by atoms with van der Waals surface area (Å²) in [6.45, 7) is 9.85. The maximum absolute atomic E-state index is 13.2. The van der Waals surface area contributed by atoms with Crippen LogP contribution >= 0.6 is 11.6 Å². The van der Waals surface area contributed by atoms with E-state index in [9.17, 15) is 9.18 Å². The van der Waals surface area contributed by atoms with Crippen LogP contribution in [0.4, 0.5) is 4.39 Å². The number of aromatic nitrogens is 2. The first-order valence-corrected chi connectivity index (χ1v) is 10.7. The summed E-state index contributed by atoms with van der Waals surface area (Å²) in [5, 5.41) is 5.13. The molecule has 2 heterocycles. The topological polar surface area (TPSA) is 41.4 Å². The highest BCUT2D eigenvalue weighted by Crippen LogP contribution is 2.41. The highest BCUT2D eigenvalue weighted by molar-refractivity contribution is 6.31. The zero-order valence-electron chi connectivity index (χ0n) is 17.3. The molecule has 0 radical (unpaired) electrons. The van der Waals surface area contributed by atoms with Gasteiger partial charge in [0.05, 0.1) is 5.54 Å². The van der Waals surface area contributed by atoms with Gasteiger partial charge in [0.25, 0.3) is 5.91 Å². The third-order valence-corrected chi connectivity index (χ3v) is 6.01. The quantitative estimate of drug-likeness (QED) is 0.744. The molecule has 1 aliphatic carbocycles. The smallest absolute Gasteiger partial charge is 0.274 e. The molecule has 2 aliphatic rings. The van der Waals surface area contributed by atoms with Gasteiger partial charge in [-0.15, -0.1) is 0 Å². The van der Waals surface area contributed by atoms with Gasteiger partial charge >= 0.3 is 0 Å². The maximum atomic E-state index is 13.2. The van der Waals surface area contributed by atoms with Crippen molar-refractivity contribution in [3.63, 3.8) is 0 Å². The van der Waals surface area contributed by atoms with E-state index < -0.39 is 0 Å². The molecule has 5 nitrogen and oxygen atoms in total. The summed E-state index contributed by atoms with van der Waals surface area (Å²) in [6, 6.07) is 6.51. The van der Waals surface area contributed by atoms with Crippen LogP contribution in [0.15, 0.2) is 24.3 Å². The van der Waals surface area contributed by atoms with E-state index >= 15 is 0 Å². The Balaban J connectivity index is 1.40. The fraction of sp³-hybridized carbons (Fsp3) is 0.545. The zero-order valence-corrected chi connectivity index (χ0v) is 18.0. The molecule has 1 aromatic carbocycles. The molecule has 0 spiro atoms. The Hall–Kier alpha value is -1.92. The van der Waals surface area contributed by atoms with Gasteiger partial charge in [-0.1, -0.05) is 17.7 Å². The largest absolute Gasteiger partial charge is 0.335 e. The predicted octanol–water partition coefficient (Wildman–Crippen LogP) is 4.27. The second-order valence-corrected chi connectivity index (χ2v) is 9.52. The summed E-state index contributed by atoms with van der Waals surface area (Å²) in [6.07, 6.45) is 2.36. The van der Waals surface area contributed by atoms with Crippen molar-refractivity contribution in [2.75, 3.05) is 26.2 Å². The van der Waals surface area contributed by atoms with Gasteiger partial charge in [0, 0.05) is 49.4 Å². The lowest BCUT2D eigenvalue weighted by molar-refractivity contribution is 0.0621. The molecule has 7 heteroatoms. The lowest BCUT2D eigenvalue weighted by Crippen LogP contribution is -2.48. The number of carbonyl (C=O) groups is 1. The minimum atomic E-state index is -0.325. The Morgan fingerprint density at radius 3 is 2.45 bits per heavy atom. The summed E-state index contributed by atoms with van der Waals surface area (Å²) in [5.74, 6) is 0.226. The molecule has 1 saturated heterocycles. The minimum absolute atomic E-state index is 0.00867. The molecule has 156 valence electrons. The van der Waals surface area contributed by atoms with Gasteiger partial charge in [-0.3, -0.25) is 14.4 Å². The van der Waals surface area contributed by atoms with Crippen LogP contribution in [0.3, 0.4) is 0 Å². The molecule has 1 aromatic heterocycles. The molecule has 2 fully saturated rings. The van der Waals surface area contributed by atoms with Gasteiger partial charge in [-0.25, -0.2) is 4.39 Å². The molecule has 2 aromatic rings. The highest BCUT2D eigenvalue weighted by atomic mass is 35.5. The highest BCUT2D eigenvalue weighted by Gasteiger charge is 2.33. The van der Waals surface area contributed by atoms with Crippen LogP contribution in [0.5, 0.6) is 0 Å². The van der Waals surface area contributed by atoms with E-state index in [2.05, 4.69) is 30.8 Å². The summed E-state index contributed by atoms with van der Waals surface area (Å²) in [5.41, 5.74) is 2.51. The number of rotatable bonds is 4. The normalized spacial score (nSPS) is 18.3. The van der Waals surface area contributed by atoms with Gasteiger partial charge in [0.2, 0.25) is 0 Å². The summed E-state index contributed by atoms with van der Waals surface area (Å²) < 4.78 is 15.3. The first-order chi connectivity index (χ1) is 13.7. The molecule has 0 atom stereocenters. The number of halogens is 2. The van der Waals surface area contributed by atoms with Gasteiger partial charge in [-0.2, -0.15) is 5.10 Å². The molecule has 4 rings (SSSR count). The van der Waals surface area contributed by atoms with Crippen molar-refractivity contribution in [3.05, 3.63) is 52.1 Å². The maximum Gasteiger partial charge on any atom is 0.274 e. The van der Waals surface area contributed by atoms with Crippen molar-refractivity contribution in [3.8, 4) is 0 Å². The Bertz CT molecular complexity index is 908. The van der Waals surface area contributed by atoms with E-state index in [1.54, 1.807) is 6.07 Å². The van der Waals surface area contributed by atoms with Crippen LogP contribution in [0.1, 0.15) is 61.3 Å². The molecule has 0 bridgehead atoms. The molecular weight excluding hydrogens is 391 g/mol. The third kappa shape index (κ3) is 4.48. The van der Waals surface area contributed by atoms with Gasteiger partial charge < -0.3 is 4.90 Å². The molecule has 1 saturated carbocycles. The number of hydrogen-bond acceptors (Lipinski definition) is 3. The van der Waals surface area contributed by atoms with Crippen molar-refractivity contribution >= 4 is 17.5 Å². The number of carbonyl (C=O) groups excluding carboxylic acids is 1. The van der Waals surface area contributed by atoms with E-state index in [1.165, 1.54) is 30.7 Å². The number of nitrogens with zero attached hydrogens (tertiary/aromatic N) is 4. The van der Waals surface area contributed by atoms with E-state index in [0.29, 0.717) is 36.3 Å². The standard InChI is InChI=1S/C22H28ClFN4O/c1-22(2,3)28-20(15-4-5-15)13-19(25-28)21(29)27-10-8-26(9-11-27)14-16-6-7-17(24)12-18(16)23/h6-7,12-13,15H,4-5,8-11,14H2,1-3H3. The molecular formula is C22H28ClFN4O. The average molecular weight is 419 g/mol. The Morgan fingerprint density at radius 2 is 1.86 bits per heavy atom. The third-order valence-electron chi connectivity index (χ3n) is 5.66. The first kappa shape index (κ1) is 20.4. The van der Waals surface area contributed by atoms with Crippen LogP contribution in [-0.4, -0.2) is 51.7 Å². The fourth-order valence-corrected chi connectivity index (χ4v) is 4.10. The molecule has 1 aliphatic heterocycles. The van der Waals surface area contributed by atoms with Crippen molar-refractivity contribution in [2.24, 2.45) is 0 Å². The predicted molar refractivity (Wildman–Crippen MR) is 112 cm³/mol. The van der Waals surface area contributed by atoms with Crippen molar-refractivity contribution < 1.29 is 9.18 Å². The van der Waals surface area contributed by atoms with E-state index in [4.69, 9.17) is 11.6 Å². The Morgan fingerprint density at radius 1 is 1.17 bits per heavy atom. The van der Waals surface area contributed by atoms with Gasteiger partial charge in [0.15, 0.2) is 5.69 Å². The number of benzene rings is 1. The zero-order chi connectivity index (χ0) is 20.8. The van der Waals surface area contributed by atoms with Crippen LogP contribution in [0.2, 0.25) is 5.02 Å². The van der Waals surface area contributed by atoms with Crippen LogP contribution < -0.4 is 0 Å². The van der Waals surface area contributed by atoms with Crippen molar-refractivity contribution in [1.29, 1.82) is 0 Å². The molecule has 0 unspecified atom stereocenters. The number of amides is 1. The number of hydrogen-bond donors (Lipinski definition) is 0. The van der Waals surface area contributed by atoms with Crippen LogP contribution in [0, 0.1) is 5.82 Å². The SMILES string of the molecule is CC(C)(C)n1nc(C(=O)N2CCN(Cc3ccc(F)cc3Cl)CC2)cc1C1CC1. The molecule has 0 N–H and O–H groups in total. The van der Waals surface area contributed by atoms with E-state index in [0.717, 1.165) is 18.7 Å². The van der Waals surface area contributed by atoms with Gasteiger partial charge in [0.1, 0.15) is 5.82 Å². The molecule has 29 heavy (non-hydrogen) atoms. The fourth-order valence-electron chi connectivity index (χ4n) is 3.87. The van der Waals surface area contributed by atoms with Crippen molar-refractivity contribution in [2.45, 2.75) is 51.6 Å². The van der Waals surface area contributed by atoms with E-state index in [-0.39, 0.29) is 17.3 Å². The second kappa shape index (κ2) is 7.73. The Labute approximate surface area is 176 Å². The first-order valence-electron chi connectivity index (χ1n) is 10.3. The molecule has 1 amide bonds. The lowest BCUT2D eigenvalue weighted by atomic mass is 10.1. The monoisotopic (exact) mass is 418 g/mol. The minimum Gasteiger partial charge on any atom is -0.335 e. The lowest BCUT2D eigenvalue weighted by Gasteiger charge is -2.34. The summed E-state index contributed by atoms with van der Waals surface area (Å²) in [4.78, 5) is 17.2. The summed E-state index contributed by atoms with van der Waals surface area (Å²) >= 11 is 6.15. The Kier molecular flexibility index (Phi) is 5.42. The second-order valence-electron chi connectivity index (χ2n) is 9.12. The number of piperazine rings is 1. The van der Waals surface area contributed by atoms with Crippen LogP contribution in [0.25, 0.3) is 0 Å². The van der Waals surface area contributed by atoms with E-state index in [1.807, 2.05) is 15.6 Å². The summed E-state index contributed by atoms with van der Waals surface area (Å²) in [7, 11) is 0. The average Bonchev–Trinajstić information content (AvgIpc) is 3.41.